The number of fused-ring (bicyclic) bond motifs is 5. The molecule has 0 aromatic rings. The van der Waals surface area contributed by atoms with Gasteiger partial charge in [0.2, 0.25) is 0 Å². The Balaban J connectivity index is 1.24. The lowest BCUT2D eigenvalue weighted by molar-refractivity contribution is -0.160. The van der Waals surface area contributed by atoms with Crippen molar-refractivity contribution < 1.29 is 14.3 Å². The van der Waals surface area contributed by atoms with Crippen molar-refractivity contribution in [2.75, 3.05) is 0 Å². The largest absolute Gasteiger partial charge is 0.462 e. The average Bonchev–Trinajstić information content (AvgIpc) is 3.14. The molecular formula is C31H50O3. The summed E-state index contributed by atoms with van der Waals surface area (Å²) in [7, 11) is 0. The molecule has 0 radical (unpaired) electrons. The van der Waals surface area contributed by atoms with Crippen LogP contribution >= 0.6 is 0 Å². The van der Waals surface area contributed by atoms with E-state index in [2.05, 4.69) is 20.8 Å². The molecule has 0 unspecified atom stereocenters. The Labute approximate surface area is 208 Å². The van der Waals surface area contributed by atoms with Crippen LogP contribution in [0.15, 0.2) is 11.6 Å². The van der Waals surface area contributed by atoms with Gasteiger partial charge >= 0.3 is 5.97 Å². The van der Waals surface area contributed by atoms with E-state index in [9.17, 15) is 9.59 Å². The van der Waals surface area contributed by atoms with Gasteiger partial charge in [0, 0.05) is 18.3 Å². The SMILES string of the molecule is CCCCCCCCCCCC(=O)O[C@H]1CC[C@H]2[C@@H]3CCC4=CC(=O)CC[C@]4(C)[C@H]3CC[C@]12C. The van der Waals surface area contributed by atoms with Gasteiger partial charge in [-0.05, 0) is 80.6 Å². The minimum Gasteiger partial charge on any atom is -0.462 e. The summed E-state index contributed by atoms with van der Waals surface area (Å²) in [6.45, 7) is 7.14. The van der Waals surface area contributed by atoms with Gasteiger partial charge < -0.3 is 4.74 Å². The third-order valence-electron chi connectivity index (χ3n) is 10.6. The first-order valence-electron chi connectivity index (χ1n) is 14.8. The second-order valence-corrected chi connectivity index (χ2v) is 12.6. The predicted octanol–water partition coefficient (Wildman–Crippen LogP) is 8.35. The van der Waals surface area contributed by atoms with Gasteiger partial charge in [0.15, 0.2) is 5.78 Å². The molecule has 0 saturated heterocycles. The minimum atomic E-state index is 0.0450. The van der Waals surface area contributed by atoms with E-state index in [0.717, 1.165) is 44.4 Å². The number of allylic oxidation sites excluding steroid dienone is 1. The molecule has 3 nitrogen and oxygen atoms in total. The van der Waals surface area contributed by atoms with Crippen LogP contribution in [0.3, 0.4) is 0 Å². The molecule has 192 valence electrons. The first kappa shape index (κ1) is 26.0. The Hall–Kier alpha value is -1.12. The molecule has 0 spiro atoms. The Bertz CT molecular complexity index is 754. The van der Waals surface area contributed by atoms with Crippen LogP contribution in [-0.4, -0.2) is 17.9 Å². The fourth-order valence-electron chi connectivity index (χ4n) is 8.50. The number of rotatable bonds is 11. The minimum absolute atomic E-state index is 0.0450. The van der Waals surface area contributed by atoms with Crippen molar-refractivity contribution >= 4 is 11.8 Å². The number of ether oxygens (including phenoxy) is 1. The van der Waals surface area contributed by atoms with Gasteiger partial charge in [0.1, 0.15) is 6.10 Å². The molecule has 3 heteroatoms. The molecule has 4 rings (SSSR count). The number of unbranched alkanes of at least 4 members (excludes halogenated alkanes) is 8. The summed E-state index contributed by atoms with van der Waals surface area (Å²) in [6, 6.07) is 0. The number of carbonyl (C=O) groups excluding carboxylic acids is 2. The third-order valence-corrected chi connectivity index (χ3v) is 10.6. The van der Waals surface area contributed by atoms with Crippen LogP contribution in [0.4, 0.5) is 0 Å². The van der Waals surface area contributed by atoms with Crippen LogP contribution in [0, 0.1) is 28.6 Å². The lowest BCUT2D eigenvalue weighted by atomic mass is 9.47. The van der Waals surface area contributed by atoms with Crippen LogP contribution in [0.5, 0.6) is 0 Å². The Morgan fingerprint density at radius 1 is 0.882 bits per heavy atom. The monoisotopic (exact) mass is 470 g/mol. The molecule has 0 aliphatic heterocycles. The number of esters is 1. The second-order valence-electron chi connectivity index (χ2n) is 12.6. The Kier molecular flexibility index (Phi) is 8.62. The summed E-state index contributed by atoms with van der Waals surface area (Å²) in [4.78, 5) is 24.8. The maximum Gasteiger partial charge on any atom is 0.306 e. The third kappa shape index (κ3) is 5.34. The van der Waals surface area contributed by atoms with Gasteiger partial charge in [-0.3, -0.25) is 9.59 Å². The first-order valence-corrected chi connectivity index (χ1v) is 14.8. The summed E-state index contributed by atoms with van der Waals surface area (Å²) >= 11 is 0. The fraction of sp³-hybridized carbons (Fsp3) is 0.871. The van der Waals surface area contributed by atoms with E-state index in [1.165, 1.54) is 76.2 Å². The van der Waals surface area contributed by atoms with Crippen molar-refractivity contribution in [1.29, 1.82) is 0 Å². The van der Waals surface area contributed by atoms with Gasteiger partial charge in [-0.15, -0.1) is 0 Å². The van der Waals surface area contributed by atoms with Crippen LogP contribution in [-0.2, 0) is 14.3 Å². The highest BCUT2D eigenvalue weighted by atomic mass is 16.5. The lowest BCUT2D eigenvalue weighted by Crippen LogP contribution is -2.51. The molecule has 0 N–H and O–H groups in total. The molecule has 6 atom stereocenters. The fourth-order valence-corrected chi connectivity index (χ4v) is 8.50. The molecule has 4 aliphatic rings. The molecule has 34 heavy (non-hydrogen) atoms. The number of hydrogen-bond donors (Lipinski definition) is 0. The number of carbonyl (C=O) groups is 2. The quantitative estimate of drug-likeness (QED) is 0.225. The zero-order valence-corrected chi connectivity index (χ0v) is 22.3. The molecule has 0 aromatic heterocycles. The standard InChI is InChI=1S/C31H50O3/c1-4-5-6-7-8-9-10-11-12-13-29(33)34-28-17-16-26-25-15-14-23-22-24(32)18-20-30(23,2)27(25)19-21-31(26,28)3/h22,25-28H,4-21H2,1-3H3/t25-,26-,27-,28-,30-,31-/m0/s1. The van der Waals surface area contributed by atoms with Crippen LogP contribution in [0.25, 0.3) is 0 Å². The van der Waals surface area contributed by atoms with Crippen molar-refractivity contribution in [1.82, 2.24) is 0 Å². The van der Waals surface area contributed by atoms with Crippen LogP contribution in [0.1, 0.15) is 136 Å². The van der Waals surface area contributed by atoms with Gasteiger partial charge in [-0.25, -0.2) is 0 Å². The highest BCUT2D eigenvalue weighted by Crippen LogP contribution is 2.65. The molecule has 0 heterocycles. The first-order chi connectivity index (χ1) is 16.4. The van der Waals surface area contributed by atoms with Crippen molar-refractivity contribution in [2.45, 2.75) is 142 Å². The number of hydrogen-bond acceptors (Lipinski definition) is 3. The summed E-state index contributed by atoms with van der Waals surface area (Å²) < 4.78 is 6.19. The maximum absolute atomic E-state index is 12.7. The zero-order valence-electron chi connectivity index (χ0n) is 22.3. The van der Waals surface area contributed by atoms with Crippen molar-refractivity contribution in [3.8, 4) is 0 Å². The average molecular weight is 471 g/mol. The van der Waals surface area contributed by atoms with E-state index in [-0.39, 0.29) is 22.9 Å². The molecule has 0 amide bonds. The lowest BCUT2D eigenvalue weighted by Gasteiger charge is -2.57. The van der Waals surface area contributed by atoms with Gasteiger partial charge in [0.25, 0.3) is 0 Å². The van der Waals surface area contributed by atoms with Crippen LogP contribution < -0.4 is 0 Å². The number of ketones is 1. The summed E-state index contributed by atoms with van der Waals surface area (Å²) in [6.07, 6.45) is 22.9. The van der Waals surface area contributed by atoms with Gasteiger partial charge in [-0.2, -0.15) is 0 Å². The van der Waals surface area contributed by atoms with E-state index >= 15 is 0 Å². The molecule has 4 aliphatic carbocycles. The molecule has 3 fully saturated rings. The molecular weight excluding hydrogens is 420 g/mol. The van der Waals surface area contributed by atoms with E-state index < -0.39 is 0 Å². The predicted molar refractivity (Wildman–Crippen MR) is 138 cm³/mol. The van der Waals surface area contributed by atoms with E-state index in [1.54, 1.807) is 0 Å². The normalized spacial score (nSPS) is 36.9. The molecule has 0 aromatic carbocycles. The summed E-state index contributed by atoms with van der Waals surface area (Å²) in [5.74, 6) is 2.49. The van der Waals surface area contributed by atoms with Crippen molar-refractivity contribution in [3.05, 3.63) is 11.6 Å². The van der Waals surface area contributed by atoms with Gasteiger partial charge in [-0.1, -0.05) is 77.7 Å². The highest BCUT2D eigenvalue weighted by Gasteiger charge is 2.59. The summed E-state index contributed by atoms with van der Waals surface area (Å²) in [5, 5.41) is 0. The molecule has 3 saturated carbocycles. The van der Waals surface area contributed by atoms with E-state index in [4.69, 9.17) is 4.74 Å². The van der Waals surface area contributed by atoms with Crippen molar-refractivity contribution in [2.24, 2.45) is 28.6 Å². The van der Waals surface area contributed by atoms with Crippen LogP contribution in [0.2, 0.25) is 0 Å². The molecule has 0 bridgehead atoms. The zero-order chi connectivity index (χ0) is 24.2. The Morgan fingerprint density at radius 2 is 1.59 bits per heavy atom. The van der Waals surface area contributed by atoms with E-state index in [1.807, 2.05) is 6.08 Å². The van der Waals surface area contributed by atoms with Gasteiger partial charge in [0.05, 0.1) is 0 Å². The smallest absolute Gasteiger partial charge is 0.306 e. The Morgan fingerprint density at radius 3 is 2.32 bits per heavy atom. The maximum atomic E-state index is 12.7. The highest BCUT2D eigenvalue weighted by molar-refractivity contribution is 5.91. The second kappa shape index (κ2) is 11.3. The van der Waals surface area contributed by atoms with Crippen molar-refractivity contribution in [3.63, 3.8) is 0 Å². The topological polar surface area (TPSA) is 43.4 Å². The van der Waals surface area contributed by atoms with E-state index in [0.29, 0.717) is 24.0 Å². The summed E-state index contributed by atoms with van der Waals surface area (Å²) in [5.41, 5.74) is 1.82.